The molecule has 1 saturated heterocycles. The number of halogens is 1. The average molecular weight is 270 g/mol. The lowest BCUT2D eigenvalue weighted by molar-refractivity contribution is -0.126. The molecular weight excluding hydrogens is 254 g/mol. The summed E-state index contributed by atoms with van der Waals surface area (Å²) in [6.45, 7) is 6.61. The second kappa shape index (κ2) is 4.28. The van der Waals surface area contributed by atoms with E-state index in [2.05, 4.69) is 15.3 Å². The summed E-state index contributed by atoms with van der Waals surface area (Å²) >= 11 is 5.87. The Hall–Kier alpha value is -1.56. The smallest absolute Gasteiger partial charge is 0.245 e. The van der Waals surface area contributed by atoms with E-state index in [0.29, 0.717) is 30.3 Å². The maximum absolute atomic E-state index is 11.9. The van der Waals surface area contributed by atoms with Crippen LogP contribution < -0.4 is 16.0 Å². The molecule has 0 radical (unpaired) electrons. The highest BCUT2D eigenvalue weighted by molar-refractivity contribution is 6.28. The van der Waals surface area contributed by atoms with E-state index in [-0.39, 0.29) is 11.2 Å². The second-order valence-corrected chi connectivity index (χ2v) is 5.12. The summed E-state index contributed by atoms with van der Waals surface area (Å²) in [4.78, 5) is 21.9. The van der Waals surface area contributed by atoms with Gasteiger partial charge in [-0.1, -0.05) is 0 Å². The van der Waals surface area contributed by atoms with Crippen molar-refractivity contribution in [2.75, 3.05) is 23.7 Å². The van der Waals surface area contributed by atoms with Crippen molar-refractivity contribution >= 4 is 29.0 Å². The molecule has 7 heteroatoms. The van der Waals surface area contributed by atoms with Gasteiger partial charge < -0.3 is 16.0 Å². The largest absolute Gasteiger partial charge is 0.394 e. The number of nitrogens with zero attached hydrogens (tertiary/aromatic N) is 3. The van der Waals surface area contributed by atoms with E-state index in [1.165, 1.54) is 0 Å². The molecule has 1 aliphatic heterocycles. The molecule has 2 rings (SSSR count). The van der Waals surface area contributed by atoms with Gasteiger partial charge in [-0.3, -0.25) is 4.79 Å². The molecule has 0 bridgehead atoms. The van der Waals surface area contributed by atoms with Crippen molar-refractivity contribution in [3.05, 3.63) is 11.0 Å². The standard InChI is InChI=1S/C11H16ClN5O/c1-6-7(13)8(16-10(12)15-6)17-5-4-14-9(18)11(17,2)3/h4-5,13H2,1-3H3,(H,14,18). The van der Waals surface area contributed by atoms with Crippen LogP contribution in [0.1, 0.15) is 19.5 Å². The van der Waals surface area contributed by atoms with Gasteiger partial charge in [0.2, 0.25) is 11.2 Å². The van der Waals surface area contributed by atoms with Gasteiger partial charge in [0.25, 0.3) is 0 Å². The third-order valence-electron chi connectivity index (χ3n) is 3.20. The normalized spacial score (nSPS) is 18.7. The first-order chi connectivity index (χ1) is 8.34. The van der Waals surface area contributed by atoms with Crippen molar-refractivity contribution < 1.29 is 4.79 Å². The fourth-order valence-electron chi connectivity index (χ4n) is 2.01. The number of carbonyl (C=O) groups excluding carboxylic acids is 1. The number of aryl methyl sites for hydroxylation is 1. The zero-order valence-electron chi connectivity index (χ0n) is 10.6. The van der Waals surface area contributed by atoms with E-state index in [9.17, 15) is 4.79 Å². The minimum absolute atomic E-state index is 0.0551. The van der Waals surface area contributed by atoms with Crippen LogP contribution in [0.2, 0.25) is 5.28 Å². The van der Waals surface area contributed by atoms with Gasteiger partial charge in [0.15, 0.2) is 5.82 Å². The molecule has 0 saturated carbocycles. The van der Waals surface area contributed by atoms with Crippen LogP contribution in [0.4, 0.5) is 11.5 Å². The van der Waals surface area contributed by atoms with E-state index >= 15 is 0 Å². The maximum atomic E-state index is 11.9. The zero-order chi connectivity index (χ0) is 13.5. The summed E-state index contributed by atoms with van der Waals surface area (Å²) in [6, 6.07) is 0. The summed E-state index contributed by atoms with van der Waals surface area (Å²) in [5, 5.41) is 2.96. The molecule has 1 aromatic rings. The summed E-state index contributed by atoms with van der Waals surface area (Å²) in [7, 11) is 0. The number of piperazine rings is 1. The number of carbonyl (C=O) groups is 1. The minimum atomic E-state index is -0.712. The molecule has 18 heavy (non-hydrogen) atoms. The molecule has 6 nitrogen and oxygen atoms in total. The molecule has 1 aliphatic rings. The topological polar surface area (TPSA) is 84.1 Å². The molecule has 1 amide bonds. The van der Waals surface area contributed by atoms with E-state index in [0.717, 1.165) is 0 Å². The molecule has 0 aromatic carbocycles. The number of aromatic nitrogens is 2. The summed E-state index contributed by atoms with van der Waals surface area (Å²) < 4.78 is 0. The molecular formula is C11H16ClN5O. The highest BCUT2D eigenvalue weighted by atomic mass is 35.5. The van der Waals surface area contributed by atoms with Crippen LogP contribution in [0.15, 0.2) is 0 Å². The monoisotopic (exact) mass is 269 g/mol. The van der Waals surface area contributed by atoms with Gasteiger partial charge in [0, 0.05) is 13.1 Å². The Labute approximate surface area is 111 Å². The Balaban J connectivity index is 2.51. The predicted octanol–water partition coefficient (Wildman–Crippen LogP) is 0.735. The number of nitrogens with one attached hydrogen (secondary N) is 1. The van der Waals surface area contributed by atoms with Crippen LogP contribution in [-0.2, 0) is 4.79 Å². The first-order valence-corrected chi connectivity index (χ1v) is 6.07. The highest BCUT2D eigenvalue weighted by Crippen LogP contribution is 2.31. The number of hydrogen-bond acceptors (Lipinski definition) is 5. The average Bonchev–Trinajstić information content (AvgIpc) is 2.27. The fourth-order valence-corrected chi connectivity index (χ4v) is 2.22. The van der Waals surface area contributed by atoms with Gasteiger partial charge in [0.05, 0.1) is 11.4 Å². The maximum Gasteiger partial charge on any atom is 0.245 e. The molecule has 2 heterocycles. The molecule has 0 aliphatic carbocycles. The van der Waals surface area contributed by atoms with Crippen molar-refractivity contribution in [3.63, 3.8) is 0 Å². The number of amides is 1. The van der Waals surface area contributed by atoms with E-state index < -0.39 is 5.54 Å². The van der Waals surface area contributed by atoms with Crippen LogP contribution in [0, 0.1) is 6.92 Å². The highest BCUT2D eigenvalue weighted by Gasteiger charge is 2.39. The number of hydrogen-bond donors (Lipinski definition) is 2. The second-order valence-electron chi connectivity index (χ2n) is 4.78. The Kier molecular flexibility index (Phi) is 3.06. The first-order valence-electron chi connectivity index (χ1n) is 5.69. The summed E-state index contributed by atoms with van der Waals surface area (Å²) in [6.07, 6.45) is 0. The number of nitrogen functional groups attached to an aromatic ring is 1. The Morgan fingerprint density at radius 1 is 1.44 bits per heavy atom. The van der Waals surface area contributed by atoms with Crippen molar-refractivity contribution in [2.45, 2.75) is 26.3 Å². The summed E-state index contributed by atoms with van der Waals surface area (Å²) in [5.41, 5.74) is 6.36. The molecule has 0 spiro atoms. The predicted molar refractivity (Wildman–Crippen MR) is 70.6 cm³/mol. The lowest BCUT2D eigenvalue weighted by Crippen LogP contribution is -2.62. The van der Waals surface area contributed by atoms with Crippen molar-refractivity contribution in [3.8, 4) is 0 Å². The molecule has 0 atom stereocenters. The molecule has 1 aromatic heterocycles. The molecule has 0 unspecified atom stereocenters. The first kappa shape index (κ1) is 12.9. The van der Waals surface area contributed by atoms with Crippen LogP contribution in [0.25, 0.3) is 0 Å². The summed E-state index contributed by atoms with van der Waals surface area (Å²) in [5.74, 6) is 0.466. The van der Waals surface area contributed by atoms with Crippen molar-refractivity contribution in [1.29, 1.82) is 0 Å². The number of rotatable bonds is 1. The Morgan fingerprint density at radius 3 is 2.78 bits per heavy atom. The zero-order valence-corrected chi connectivity index (χ0v) is 11.4. The van der Waals surface area contributed by atoms with Crippen LogP contribution in [0.5, 0.6) is 0 Å². The Bertz CT molecular complexity index is 502. The van der Waals surface area contributed by atoms with Crippen LogP contribution in [-0.4, -0.2) is 34.5 Å². The fraction of sp³-hybridized carbons (Fsp3) is 0.545. The van der Waals surface area contributed by atoms with E-state index in [1.807, 2.05) is 18.7 Å². The van der Waals surface area contributed by atoms with Gasteiger partial charge in [0.1, 0.15) is 5.54 Å². The number of anilines is 2. The molecule has 3 N–H and O–H groups in total. The van der Waals surface area contributed by atoms with E-state index in [4.69, 9.17) is 17.3 Å². The van der Waals surface area contributed by atoms with Crippen molar-refractivity contribution in [2.24, 2.45) is 0 Å². The van der Waals surface area contributed by atoms with Crippen LogP contribution >= 0.6 is 11.6 Å². The molecule has 1 fully saturated rings. The lowest BCUT2D eigenvalue weighted by atomic mass is 9.98. The van der Waals surface area contributed by atoms with Gasteiger partial charge in [-0.25, -0.2) is 4.98 Å². The number of nitrogens with two attached hydrogens (primary N) is 1. The Morgan fingerprint density at radius 2 is 2.11 bits per heavy atom. The third-order valence-corrected chi connectivity index (χ3v) is 3.36. The van der Waals surface area contributed by atoms with Gasteiger partial charge >= 0.3 is 0 Å². The molecule has 98 valence electrons. The SMILES string of the molecule is Cc1nc(Cl)nc(N2CCNC(=O)C2(C)C)c1N. The third kappa shape index (κ3) is 1.96. The van der Waals surface area contributed by atoms with Gasteiger partial charge in [-0.05, 0) is 32.4 Å². The van der Waals surface area contributed by atoms with Gasteiger partial charge in [-0.15, -0.1) is 0 Å². The minimum Gasteiger partial charge on any atom is -0.394 e. The quantitative estimate of drug-likeness (QED) is 0.735. The van der Waals surface area contributed by atoms with Gasteiger partial charge in [-0.2, -0.15) is 4.98 Å². The van der Waals surface area contributed by atoms with E-state index in [1.54, 1.807) is 6.92 Å². The van der Waals surface area contributed by atoms with Crippen molar-refractivity contribution in [1.82, 2.24) is 15.3 Å². The van der Waals surface area contributed by atoms with Crippen LogP contribution in [0.3, 0.4) is 0 Å². The lowest BCUT2D eigenvalue weighted by Gasteiger charge is -2.42.